The van der Waals surface area contributed by atoms with Crippen molar-refractivity contribution in [3.63, 3.8) is 0 Å². The highest BCUT2D eigenvalue weighted by Gasteiger charge is 2.29. The second-order valence-corrected chi connectivity index (χ2v) is 6.07. The fourth-order valence-corrected chi connectivity index (χ4v) is 2.35. The lowest BCUT2D eigenvalue weighted by molar-refractivity contribution is -0.118. The van der Waals surface area contributed by atoms with E-state index in [0.717, 1.165) is 12.8 Å². The van der Waals surface area contributed by atoms with E-state index in [1.807, 2.05) is 0 Å². The number of halogens is 1. The number of amides is 2. The predicted octanol–water partition coefficient (Wildman–Crippen LogP) is 3.71. The Balaban J connectivity index is 1.53. The summed E-state index contributed by atoms with van der Waals surface area (Å²) >= 11 is 5.86. The summed E-state index contributed by atoms with van der Waals surface area (Å²) in [7, 11) is 0. The molecule has 2 aromatic carbocycles. The first kappa shape index (κ1) is 16.3. The Hall–Kier alpha value is -2.53. The van der Waals surface area contributed by atoms with Crippen molar-refractivity contribution in [1.82, 2.24) is 0 Å². The van der Waals surface area contributed by atoms with Crippen molar-refractivity contribution < 1.29 is 14.3 Å². The van der Waals surface area contributed by atoms with E-state index in [1.165, 1.54) is 0 Å². The van der Waals surface area contributed by atoms with Gasteiger partial charge < -0.3 is 15.4 Å². The topological polar surface area (TPSA) is 67.4 Å². The van der Waals surface area contributed by atoms with Crippen molar-refractivity contribution in [3.8, 4) is 5.75 Å². The molecule has 3 rings (SSSR count). The molecule has 6 heteroatoms. The monoisotopic (exact) mass is 344 g/mol. The Morgan fingerprint density at radius 3 is 2.46 bits per heavy atom. The van der Waals surface area contributed by atoms with Crippen molar-refractivity contribution >= 4 is 34.8 Å². The fraction of sp³-hybridized carbons (Fsp3) is 0.222. The minimum absolute atomic E-state index is 0.0303. The molecule has 0 spiro atoms. The molecule has 1 aliphatic rings. The number of carbonyl (C=O) groups is 2. The van der Waals surface area contributed by atoms with Gasteiger partial charge in [0.25, 0.3) is 5.91 Å². The summed E-state index contributed by atoms with van der Waals surface area (Å²) in [6.45, 7) is -0.126. The Bertz CT molecular complexity index is 759. The van der Waals surface area contributed by atoms with E-state index in [2.05, 4.69) is 10.6 Å². The lowest BCUT2D eigenvalue weighted by atomic mass is 10.2. The van der Waals surface area contributed by atoms with Crippen molar-refractivity contribution in [2.75, 3.05) is 17.2 Å². The lowest BCUT2D eigenvalue weighted by Crippen LogP contribution is -2.20. The van der Waals surface area contributed by atoms with Gasteiger partial charge in [-0.05, 0) is 49.2 Å². The average Bonchev–Trinajstić information content (AvgIpc) is 3.38. The van der Waals surface area contributed by atoms with E-state index in [4.69, 9.17) is 16.3 Å². The third kappa shape index (κ3) is 4.73. The van der Waals surface area contributed by atoms with Gasteiger partial charge in [-0.2, -0.15) is 0 Å². The molecule has 5 nitrogen and oxygen atoms in total. The molecule has 0 radical (unpaired) electrons. The van der Waals surface area contributed by atoms with Crippen LogP contribution in [0.2, 0.25) is 5.02 Å². The molecule has 0 aliphatic heterocycles. The van der Waals surface area contributed by atoms with E-state index in [1.54, 1.807) is 48.5 Å². The first-order valence-electron chi connectivity index (χ1n) is 7.69. The van der Waals surface area contributed by atoms with E-state index in [9.17, 15) is 9.59 Å². The summed E-state index contributed by atoms with van der Waals surface area (Å²) in [4.78, 5) is 23.7. The SMILES string of the molecule is O=C(COc1cccc(Cl)c1)Nc1cccc(NC(=O)C2CC2)c1. The normalized spacial score (nSPS) is 13.2. The fourth-order valence-electron chi connectivity index (χ4n) is 2.17. The number of rotatable bonds is 6. The maximum Gasteiger partial charge on any atom is 0.262 e. The molecule has 24 heavy (non-hydrogen) atoms. The van der Waals surface area contributed by atoms with Gasteiger partial charge in [0.1, 0.15) is 5.75 Å². The molecule has 0 aromatic heterocycles. The van der Waals surface area contributed by atoms with E-state index in [-0.39, 0.29) is 24.3 Å². The summed E-state index contributed by atoms with van der Waals surface area (Å²) in [6.07, 6.45) is 1.90. The van der Waals surface area contributed by atoms with Gasteiger partial charge in [0.05, 0.1) is 0 Å². The van der Waals surface area contributed by atoms with Crippen molar-refractivity contribution in [2.45, 2.75) is 12.8 Å². The Morgan fingerprint density at radius 2 is 1.75 bits per heavy atom. The first-order valence-corrected chi connectivity index (χ1v) is 8.07. The molecule has 0 bridgehead atoms. The quantitative estimate of drug-likeness (QED) is 0.839. The van der Waals surface area contributed by atoms with Gasteiger partial charge in [-0.15, -0.1) is 0 Å². The van der Waals surface area contributed by atoms with Crippen molar-refractivity contribution in [2.24, 2.45) is 5.92 Å². The molecule has 0 unspecified atom stereocenters. The zero-order chi connectivity index (χ0) is 16.9. The molecule has 2 N–H and O–H groups in total. The van der Waals surface area contributed by atoms with E-state index in [0.29, 0.717) is 22.1 Å². The van der Waals surface area contributed by atoms with Crippen LogP contribution in [0, 0.1) is 5.92 Å². The van der Waals surface area contributed by atoms with Gasteiger partial charge in [-0.3, -0.25) is 9.59 Å². The average molecular weight is 345 g/mol. The van der Waals surface area contributed by atoms with Crippen LogP contribution in [0.3, 0.4) is 0 Å². The number of ether oxygens (including phenoxy) is 1. The standard InChI is InChI=1S/C18H17ClN2O3/c19-13-3-1-6-16(9-13)24-11-17(22)20-14-4-2-5-15(10-14)21-18(23)12-7-8-12/h1-6,9-10,12H,7-8,11H2,(H,20,22)(H,21,23). The van der Waals surface area contributed by atoms with E-state index >= 15 is 0 Å². The molecule has 2 aromatic rings. The summed E-state index contributed by atoms with van der Waals surface area (Å²) in [5.41, 5.74) is 1.27. The van der Waals surface area contributed by atoms with Crippen LogP contribution in [0.5, 0.6) is 5.75 Å². The Kier molecular flexibility index (Phi) is 5.01. The second-order valence-electron chi connectivity index (χ2n) is 5.64. The van der Waals surface area contributed by atoms with Gasteiger partial charge >= 0.3 is 0 Å². The number of carbonyl (C=O) groups excluding carboxylic acids is 2. The summed E-state index contributed by atoms with van der Waals surface area (Å²) < 4.78 is 5.39. The highest BCUT2D eigenvalue weighted by atomic mass is 35.5. The number of hydrogen-bond acceptors (Lipinski definition) is 3. The van der Waals surface area contributed by atoms with Crippen LogP contribution in [0.25, 0.3) is 0 Å². The number of benzene rings is 2. The number of anilines is 2. The Labute approximate surface area is 145 Å². The highest BCUT2D eigenvalue weighted by molar-refractivity contribution is 6.30. The molecule has 1 saturated carbocycles. The highest BCUT2D eigenvalue weighted by Crippen LogP contribution is 2.30. The van der Waals surface area contributed by atoms with Crippen LogP contribution in [0.1, 0.15) is 12.8 Å². The summed E-state index contributed by atoms with van der Waals surface area (Å²) in [5, 5.41) is 6.13. The van der Waals surface area contributed by atoms with Crippen LogP contribution in [-0.2, 0) is 9.59 Å². The van der Waals surface area contributed by atoms with Crippen LogP contribution in [-0.4, -0.2) is 18.4 Å². The number of hydrogen-bond donors (Lipinski definition) is 2. The van der Waals surface area contributed by atoms with Gasteiger partial charge in [0.2, 0.25) is 5.91 Å². The molecule has 0 saturated heterocycles. The van der Waals surface area contributed by atoms with Gasteiger partial charge in [-0.25, -0.2) is 0 Å². The zero-order valence-electron chi connectivity index (χ0n) is 12.9. The van der Waals surface area contributed by atoms with Crippen molar-refractivity contribution in [1.29, 1.82) is 0 Å². The van der Waals surface area contributed by atoms with Crippen LogP contribution < -0.4 is 15.4 Å². The molecule has 1 fully saturated rings. The predicted molar refractivity (Wildman–Crippen MR) is 93.4 cm³/mol. The van der Waals surface area contributed by atoms with Crippen LogP contribution in [0.4, 0.5) is 11.4 Å². The molecule has 1 aliphatic carbocycles. The minimum atomic E-state index is -0.291. The smallest absolute Gasteiger partial charge is 0.262 e. The van der Waals surface area contributed by atoms with Crippen LogP contribution >= 0.6 is 11.6 Å². The minimum Gasteiger partial charge on any atom is -0.484 e. The van der Waals surface area contributed by atoms with E-state index < -0.39 is 0 Å². The third-order valence-electron chi connectivity index (χ3n) is 3.53. The summed E-state index contributed by atoms with van der Waals surface area (Å²) in [6, 6.07) is 13.9. The Morgan fingerprint density at radius 1 is 1.04 bits per heavy atom. The van der Waals surface area contributed by atoms with Crippen LogP contribution in [0.15, 0.2) is 48.5 Å². The lowest BCUT2D eigenvalue weighted by Gasteiger charge is -2.10. The molecule has 2 amide bonds. The van der Waals surface area contributed by atoms with Gasteiger partial charge in [0, 0.05) is 22.3 Å². The molecule has 124 valence electrons. The molecular formula is C18H17ClN2O3. The first-order chi connectivity index (χ1) is 11.6. The molecule has 0 heterocycles. The maximum absolute atomic E-state index is 12.0. The largest absolute Gasteiger partial charge is 0.484 e. The zero-order valence-corrected chi connectivity index (χ0v) is 13.7. The number of nitrogens with one attached hydrogen (secondary N) is 2. The molecular weight excluding hydrogens is 328 g/mol. The van der Waals surface area contributed by atoms with Gasteiger partial charge in [-0.1, -0.05) is 23.7 Å². The third-order valence-corrected chi connectivity index (χ3v) is 3.76. The molecule has 0 atom stereocenters. The second kappa shape index (κ2) is 7.36. The summed E-state index contributed by atoms with van der Waals surface area (Å²) in [5.74, 6) is 0.404. The maximum atomic E-state index is 12.0. The van der Waals surface area contributed by atoms with Gasteiger partial charge in [0.15, 0.2) is 6.61 Å². The van der Waals surface area contributed by atoms with Crippen molar-refractivity contribution in [3.05, 3.63) is 53.6 Å².